The lowest BCUT2D eigenvalue weighted by molar-refractivity contribution is 0.311. The highest BCUT2D eigenvalue weighted by Crippen LogP contribution is 2.49. The SMILES string of the molecule is COc1cc(-c2cc(=O)c3ccccc3o2)c(O)c(OC)c1OC. The van der Waals surface area contributed by atoms with E-state index in [9.17, 15) is 9.90 Å². The molecule has 0 atom stereocenters. The van der Waals surface area contributed by atoms with Gasteiger partial charge in [-0.2, -0.15) is 0 Å². The van der Waals surface area contributed by atoms with Crippen LogP contribution in [0.4, 0.5) is 0 Å². The fourth-order valence-electron chi connectivity index (χ4n) is 2.57. The summed E-state index contributed by atoms with van der Waals surface area (Å²) in [4.78, 5) is 12.3. The summed E-state index contributed by atoms with van der Waals surface area (Å²) in [5.74, 6) is 0.703. The van der Waals surface area contributed by atoms with Gasteiger partial charge in [-0.15, -0.1) is 0 Å². The predicted octanol–water partition coefficient (Wildman–Crippen LogP) is 3.19. The van der Waals surface area contributed by atoms with Crippen molar-refractivity contribution < 1.29 is 23.7 Å². The Morgan fingerprint density at radius 1 is 0.958 bits per heavy atom. The zero-order valence-corrected chi connectivity index (χ0v) is 13.5. The van der Waals surface area contributed by atoms with E-state index in [-0.39, 0.29) is 34.0 Å². The molecule has 3 aromatic rings. The predicted molar refractivity (Wildman–Crippen MR) is 89.2 cm³/mol. The van der Waals surface area contributed by atoms with Crippen molar-refractivity contribution in [2.75, 3.05) is 21.3 Å². The minimum atomic E-state index is -0.208. The quantitative estimate of drug-likeness (QED) is 0.792. The molecule has 2 aromatic carbocycles. The van der Waals surface area contributed by atoms with E-state index in [2.05, 4.69) is 0 Å². The maximum atomic E-state index is 12.3. The fourth-order valence-corrected chi connectivity index (χ4v) is 2.57. The third-order valence-electron chi connectivity index (χ3n) is 3.70. The van der Waals surface area contributed by atoms with Gasteiger partial charge in [0, 0.05) is 6.07 Å². The number of aromatic hydroxyl groups is 1. The number of rotatable bonds is 4. The maximum absolute atomic E-state index is 12.3. The van der Waals surface area contributed by atoms with Crippen LogP contribution < -0.4 is 19.6 Å². The Balaban J connectivity index is 2.32. The summed E-state index contributed by atoms with van der Waals surface area (Å²) >= 11 is 0. The van der Waals surface area contributed by atoms with Gasteiger partial charge in [-0.05, 0) is 18.2 Å². The number of fused-ring (bicyclic) bond motifs is 1. The second kappa shape index (κ2) is 6.16. The van der Waals surface area contributed by atoms with E-state index in [0.717, 1.165) is 0 Å². The summed E-state index contributed by atoms with van der Waals surface area (Å²) < 4.78 is 21.5. The van der Waals surface area contributed by atoms with Gasteiger partial charge in [0.25, 0.3) is 0 Å². The first-order valence-electron chi connectivity index (χ1n) is 7.16. The van der Waals surface area contributed by atoms with Crippen LogP contribution in [0, 0.1) is 0 Å². The van der Waals surface area contributed by atoms with Gasteiger partial charge in [-0.3, -0.25) is 4.79 Å². The first-order chi connectivity index (χ1) is 11.6. The third kappa shape index (κ3) is 2.42. The number of hydrogen-bond acceptors (Lipinski definition) is 6. The van der Waals surface area contributed by atoms with Crippen molar-refractivity contribution in [2.45, 2.75) is 0 Å². The Morgan fingerprint density at radius 3 is 2.33 bits per heavy atom. The van der Waals surface area contributed by atoms with Crippen molar-refractivity contribution in [3.63, 3.8) is 0 Å². The molecule has 0 bridgehead atoms. The molecule has 0 saturated carbocycles. The molecule has 1 heterocycles. The van der Waals surface area contributed by atoms with Gasteiger partial charge < -0.3 is 23.7 Å². The van der Waals surface area contributed by atoms with Crippen molar-refractivity contribution in [1.82, 2.24) is 0 Å². The highest BCUT2D eigenvalue weighted by molar-refractivity contribution is 5.81. The molecule has 24 heavy (non-hydrogen) atoms. The van der Waals surface area contributed by atoms with Crippen LogP contribution in [0.3, 0.4) is 0 Å². The molecule has 0 aliphatic rings. The second-order valence-electron chi connectivity index (χ2n) is 5.01. The average molecular weight is 328 g/mol. The van der Waals surface area contributed by atoms with Gasteiger partial charge in [0.2, 0.25) is 11.5 Å². The molecule has 0 spiro atoms. The Kier molecular flexibility index (Phi) is 4.04. The number of phenolic OH excluding ortho intramolecular Hbond substituents is 1. The Labute approximate surface area is 137 Å². The van der Waals surface area contributed by atoms with Crippen molar-refractivity contribution in [1.29, 1.82) is 0 Å². The summed E-state index contributed by atoms with van der Waals surface area (Å²) in [6.45, 7) is 0. The zero-order chi connectivity index (χ0) is 17.3. The van der Waals surface area contributed by atoms with E-state index in [1.165, 1.54) is 33.5 Å². The van der Waals surface area contributed by atoms with Crippen molar-refractivity contribution in [2.24, 2.45) is 0 Å². The fraction of sp³-hybridized carbons (Fsp3) is 0.167. The summed E-state index contributed by atoms with van der Waals surface area (Å²) in [5, 5.41) is 11.0. The van der Waals surface area contributed by atoms with E-state index in [1.54, 1.807) is 24.3 Å². The molecular formula is C18H16O6. The molecule has 3 rings (SSSR count). The minimum absolute atomic E-state index is 0.0997. The van der Waals surface area contributed by atoms with E-state index in [4.69, 9.17) is 18.6 Å². The van der Waals surface area contributed by atoms with Gasteiger partial charge in [0.15, 0.2) is 16.9 Å². The molecule has 0 unspecified atom stereocenters. The largest absolute Gasteiger partial charge is 0.504 e. The maximum Gasteiger partial charge on any atom is 0.207 e. The lowest BCUT2D eigenvalue weighted by Crippen LogP contribution is -2.01. The van der Waals surface area contributed by atoms with Crippen LogP contribution >= 0.6 is 0 Å². The first kappa shape index (κ1) is 15.7. The van der Waals surface area contributed by atoms with Gasteiger partial charge in [-0.1, -0.05) is 12.1 Å². The summed E-state index contributed by atoms with van der Waals surface area (Å²) in [7, 11) is 4.31. The lowest BCUT2D eigenvalue weighted by Gasteiger charge is -2.16. The summed E-state index contributed by atoms with van der Waals surface area (Å²) in [6, 6.07) is 9.75. The summed E-state index contributed by atoms with van der Waals surface area (Å²) in [6.07, 6.45) is 0. The lowest BCUT2D eigenvalue weighted by atomic mass is 10.1. The van der Waals surface area contributed by atoms with Crippen molar-refractivity contribution in [3.8, 4) is 34.3 Å². The van der Waals surface area contributed by atoms with Crippen LogP contribution in [0.25, 0.3) is 22.3 Å². The molecule has 0 aliphatic heterocycles. The van der Waals surface area contributed by atoms with Crippen LogP contribution in [0.2, 0.25) is 0 Å². The van der Waals surface area contributed by atoms with Crippen LogP contribution in [0.5, 0.6) is 23.0 Å². The number of para-hydroxylation sites is 1. The van der Waals surface area contributed by atoms with Gasteiger partial charge in [0.05, 0.1) is 32.3 Å². The molecule has 0 aliphatic carbocycles. The molecule has 6 heteroatoms. The molecule has 124 valence electrons. The van der Waals surface area contributed by atoms with Crippen LogP contribution in [0.15, 0.2) is 45.6 Å². The molecule has 0 radical (unpaired) electrons. The number of ether oxygens (including phenoxy) is 3. The molecule has 1 N–H and O–H groups in total. The molecule has 0 fully saturated rings. The topological polar surface area (TPSA) is 78.1 Å². The second-order valence-corrected chi connectivity index (χ2v) is 5.01. The van der Waals surface area contributed by atoms with Crippen LogP contribution in [-0.2, 0) is 0 Å². The Morgan fingerprint density at radius 2 is 1.67 bits per heavy atom. The number of benzene rings is 2. The van der Waals surface area contributed by atoms with E-state index < -0.39 is 0 Å². The number of methoxy groups -OCH3 is 3. The standard InChI is InChI=1S/C18H16O6/c1-21-15-8-11(16(20)18(23-3)17(15)22-2)14-9-12(19)10-6-4-5-7-13(10)24-14/h4-9,20H,1-3H3. The minimum Gasteiger partial charge on any atom is -0.504 e. The molecule has 1 aromatic heterocycles. The molecule has 0 saturated heterocycles. The third-order valence-corrected chi connectivity index (χ3v) is 3.70. The monoisotopic (exact) mass is 328 g/mol. The smallest absolute Gasteiger partial charge is 0.207 e. The number of hydrogen-bond donors (Lipinski definition) is 1. The van der Waals surface area contributed by atoms with E-state index in [1.807, 2.05) is 0 Å². The van der Waals surface area contributed by atoms with E-state index >= 15 is 0 Å². The Hall–Kier alpha value is -3.15. The highest BCUT2D eigenvalue weighted by Gasteiger charge is 2.22. The van der Waals surface area contributed by atoms with Crippen LogP contribution in [-0.4, -0.2) is 26.4 Å². The van der Waals surface area contributed by atoms with Gasteiger partial charge in [0.1, 0.15) is 11.3 Å². The summed E-state index contributed by atoms with van der Waals surface area (Å²) in [5.41, 5.74) is 0.487. The highest BCUT2D eigenvalue weighted by atomic mass is 16.5. The van der Waals surface area contributed by atoms with Gasteiger partial charge in [-0.25, -0.2) is 0 Å². The normalized spacial score (nSPS) is 10.6. The van der Waals surface area contributed by atoms with Crippen LogP contribution in [0.1, 0.15) is 0 Å². The average Bonchev–Trinajstić information content (AvgIpc) is 2.61. The molecule has 6 nitrogen and oxygen atoms in total. The van der Waals surface area contributed by atoms with Crippen molar-refractivity contribution in [3.05, 3.63) is 46.6 Å². The number of phenols is 1. The van der Waals surface area contributed by atoms with Crippen molar-refractivity contribution >= 4 is 11.0 Å². The zero-order valence-electron chi connectivity index (χ0n) is 13.5. The van der Waals surface area contributed by atoms with E-state index in [0.29, 0.717) is 16.7 Å². The molecular weight excluding hydrogens is 312 g/mol. The first-order valence-corrected chi connectivity index (χ1v) is 7.16. The Bertz CT molecular complexity index is 958. The molecule has 0 amide bonds. The van der Waals surface area contributed by atoms with Gasteiger partial charge >= 0.3 is 0 Å².